The van der Waals surface area contributed by atoms with Crippen LogP contribution in [0.1, 0.15) is 22.5 Å². The fraction of sp³-hybridized carbons (Fsp3) is 0.333. The van der Waals surface area contributed by atoms with Gasteiger partial charge in [-0.1, -0.05) is 0 Å². The van der Waals surface area contributed by atoms with Crippen molar-refractivity contribution in [2.45, 2.75) is 19.4 Å². The maximum Gasteiger partial charge on any atom is 0.260 e. The van der Waals surface area contributed by atoms with Crippen molar-refractivity contribution >= 4 is 5.91 Å². The van der Waals surface area contributed by atoms with Crippen molar-refractivity contribution in [3.63, 3.8) is 0 Å². The third-order valence-corrected chi connectivity index (χ3v) is 3.52. The fourth-order valence-corrected chi connectivity index (χ4v) is 2.39. The van der Waals surface area contributed by atoms with Crippen LogP contribution in [0.5, 0.6) is 5.88 Å². The first-order chi connectivity index (χ1) is 10.6. The molecule has 0 radical (unpaired) electrons. The van der Waals surface area contributed by atoms with Crippen molar-refractivity contribution in [3.8, 4) is 5.88 Å². The average molecular weight is 300 g/mol. The smallest absolute Gasteiger partial charge is 0.260 e. The number of aromatic nitrogens is 3. The first-order valence-electron chi connectivity index (χ1n) is 7.07. The van der Waals surface area contributed by atoms with E-state index in [4.69, 9.17) is 4.74 Å². The number of rotatable bonds is 3. The summed E-state index contributed by atoms with van der Waals surface area (Å²) in [6.45, 7) is 2.92. The molecule has 114 valence electrons. The van der Waals surface area contributed by atoms with Gasteiger partial charge in [0.25, 0.3) is 5.91 Å². The summed E-state index contributed by atoms with van der Waals surface area (Å²) in [7, 11) is 0. The predicted molar refractivity (Wildman–Crippen MR) is 77.1 cm³/mol. The number of likely N-dealkylation sites (tertiary alicyclic amines) is 1. The van der Waals surface area contributed by atoms with Crippen LogP contribution >= 0.6 is 0 Å². The average Bonchev–Trinajstić information content (AvgIpc) is 2.97. The highest BCUT2D eigenvalue weighted by Gasteiger charge is 2.29. The lowest BCUT2D eigenvalue weighted by Gasteiger charge is -2.16. The van der Waals surface area contributed by atoms with Gasteiger partial charge in [0.1, 0.15) is 11.7 Å². The maximum absolute atomic E-state index is 12.3. The molecule has 1 saturated heterocycles. The van der Waals surface area contributed by atoms with E-state index in [9.17, 15) is 10.0 Å². The Hall–Kier alpha value is -2.70. The Balaban J connectivity index is 1.62. The standard InChI is InChI=1S/C15H16N4O3/c1-11-4-5-14(17-16-11)22-13-6-8-18(10-13)15(20)12-3-2-7-19(21)9-12/h2-5,7,9,13H,6,8,10H2,1H3. The number of hydrogen-bond acceptors (Lipinski definition) is 5. The number of carbonyl (C=O) groups excluding carboxylic acids is 1. The Morgan fingerprint density at radius 3 is 3.00 bits per heavy atom. The van der Waals surface area contributed by atoms with E-state index in [1.807, 2.05) is 13.0 Å². The van der Waals surface area contributed by atoms with Gasteiger partial charge in [0.15, 0.2) is 12.4 Å². The van der Waals surface area contributed by atoms with Gasteiger partial charge in [-0.2, -0.15) is 9.83 Å². The summed E-state index contributed by atoms with van der Waals surface area (Å²) in [5.41, 5.74) is 1.21. The number of nitrogens with zero attached hydrogens (tertiary/aromatic N) is 4. The second-order valence-corrected chi connectivity index (χ2v) is 5.25. The van der Waals surface area contributed by atoms with E-state index >= 15 is 0 Å². The number of hydrogen-bond donors (Lipinski definition) is 0. The molecule has 0 N–H and O–H groups in total. The topological polar surface area (TPSA) is 82.3 Å². The SMILES string of the molecule is Cc1ccc(OC2CCN(C(=O)c3ccc[n+]([O-])c3)C2)nn1. The van der Waals surface area contributed by atoms with Crippen LogP contribution in [0.25, 0.3) is 0 Å². The minimum Gasteiger partial charge on any atom is -0.619 e. The quantitative estimate of drug-likeness (QED) is 0.616. The van der Waals surface area contributed by atoms with Crippen molar-refractivity contribution in [2.24, 2.45) is 0 Å². The van der Waals surface area contributed by atoms with E-state index in [0.717, 1.165) is 12.1 Å². The second-order valence-electron chi connectivity index (χ2n) is 5.25. The molecular weight excluding hydrogens is 284 g/mol. The van der Waals surface area contributed by atoms with Crippen LogP contribution in [0.2, 0.25) is 0 Å². The molecule has 0 aromatic carbocycles. The number of amides is 1. The first kappa shape index (κ1) is 14.2. The van der Waals surface area contributed by atoms with Gasteiger partial charge < -0.3 is 14.8 Å². The number of aryl methyl sites for hydroxylation is 1. The predicted octanol–water partition coefficient (Wildman–Crippen LogP) is 0.712. The Kier molecular flexibility index (Phi) is 3.86. The van der Waals surface area contributed by atoms with E-state index in [0.29, 0.717) is 29.3 Å². The van der Waals surface area contributed by atoms with Gasteiger partial charge in [-0.05, 0) is 19.1 Å². The molecule has 1 aliphatic rings. The first-order valence-corrected chi connectivity index (χ1v) is 7.07. The summed E-state index contributed by atoms with van der Waals surface area (Å²) in [6, 6.07) is 6.80. The summed E-state index contributed by atoms with van der Waals surface area (Å²) in [4.78, 5) is 14.0. The molecule has 0 saturated carbocycles. The van der Waals surface area contributed by atoms with Gasteiger partial charge >= 0.3 is 0 Å². The molecule has 2 aromatic heterocycles. The number of pyridine rings is 1. The van der Waals surface area contributed by atoms with Crippen molar-refractivity contribution in [2.75, 3.05) is 13.1 Å². The van der Waals surface area contributed by atoms with E-state index in [2.05, 4.69) is 10.2 Å². The van der Waals surface area contributed by atoms with Crippen LogP contribution in [0.4, 0.5) is 0 Å². The van der Waals surface area contributed by atoms with Gasteiger partial charge in [0.2, 0.25) is 5.88 Å². The Morgan fingerprint density at radius 1 is 1.41 bits per heavy atom. The minimum absolute atomic E-state index is 0.107. The third-order valence-electron chi connectivity index (χ3n) is 3.52. The lowest BCUT2D eigenvalue weighted by molar-refractivity contribution is -0.605. The molecule has 0 spiro atoms. The molecule has 3 rings (SSSR count). The van der Waals surface area contributed by atoms with E-state index < -0.39 is 0 Å². The van der Waals surface area contributed by atoms with Gasteiger partial charge in [-0.25, -0.2) is 0 Å². The molecular formula is C15H16N4O3. The molecule has 22 heavy (non-hydrogen) atoms. The molecule has 0 aliphatic carbocycles. The molecule has 1 unspecified atom stereocenters. The Morgan fingerprint density at radius 2 is 2.27 bits per heavy atom. The zero-order chi connectivity index (χ0) is 15.5. The van der Waals surface area contributed by atoms with E-state index in [-0.39, 0.29) is 12.0 Å². The van der Waals surface area contributed by atoms with Crippen molar-refractivity contribution in [3.05, 3.63) is 53.1 Å². The summed E-state index contributed by atoms with van der Waals surface area (Å²) in [5.74, 6) is 0.299. The Bertz CT molecular complexity index is 675. The molecule has 3 heterocycles. The second kappa shape index (κ2) is 5.97. The molecule has 1 aliphatic heterocycles. The van der Waals surface area contributed by atoms with Crippen molar-refractivity contribution in [1.82, 2.24) is 15.1 Å². The van der Waals surface area contributed by atoms with Gasteiger partial charge in [-0.3, -0.25) is 4.79 Å². The molecule has 7 heteroatoms. The molecule has 2 aromatic rings. The van der Waals surface area contributed by atoms with E-state index in [1.54, 1.807) is 23.1 Å². The highest BCUT2D eigenvalue weighted by atomic mass is 16.5. The van der Waals surface area contributed by atoms with Crippen LogP contribution < -0.4 is 9.47 Å². The number of carbonyl (C=O) groups is 1. The van der Waals surface area contributed by atoms with Gasteiger partial charge in [0, 0.05) is 25.1 Å². The molecule has 1 atom stereocenters. The fourth-order valence-electron chi connectivity index (χ4n) is 2.39. The largest absolute Gasteiger partial charge is 0.619 e. The Labute approximate surface area is 127 Å². The van der Waals surface area contributed by atoms with E-state index in [1.165, 1.54) is 12.4 Å². The van der Waals surface area contributed by atoms with Crippen LogP contribution in [-0.4, -0.2) is 40.2 Å². The van der Waals surface area contributed by atoms with Crippen LogP contribution in [0.3, 0.4) is 0 Å². The monoisotopic (exact) mass is 300 g/mol. The molecule has 1 fully saturated rings. The maximum atomic E-state index is 12.3. The molecule has 1 amide bonds. The number of ether oxygens (including phenoxy) is 1. The normalized spacial score (nSPS) is 17.5. The third kappa shape index (κ3) is 3.13. The highest BCUT2D eigenvalue weighted by molar-refractivity contribution is 5.93. The molecule has 7 nitrogen and oxygen atoms in total. The van der Waals surface area contributed by atoms with Crippen molar-refractivity contribution < 1.29 is 14.3 Å². The van der Waals surface area contributed by atoms with Gasteiger partial charge in [-0.15, -0.1) is 5.10 Å². The van der Waals surface area contributed by atoms with Crippen molar-refractivity contribution in [1.29, 1.82) is 0 Å². The lowest BCUT2D eigenvalue weighted by Crippen LogP contribution is -2.33. The van der Waals surface area contributed by atoms with Gasteiger partial charge in [0.05, 0.1) is 12.2 Å². The summed E-state index contributed by atoms with van der Waals surface area (Å²) in [6.07, 6.45) is 3.25. The molecule has 0 bridgehead atoms. The summed E-state index contributed by atoms with van der Waals surface area (Å²) >= 11 is 0. The zero-order valence-corrected chi connectivity index (χ0v) is 12.2. The van der Waals surface area contributed by atoms with Crippen LogP contribution in [0.15, 0.2) is 36.7 Å². The van der Waals surface area contributed by atoms with Crippen LogP contribution in [-0.2, 0) is 0 Å². The summed E-state index contributed by atoms with van der Waals surface area (Å²) < 4.78 is 6.36. The zero-order valence-electron chi connectivity index (χ0n) is 12.2. The minimum atomic E-state index is -0.161. The highest BCUT2D eigenvalue weighted by Crippen LogP contribution is 2.17. The van der Waals surface area contributed by atoms with Crippen LogP contribution in [0, 0.1) is 12.1 Å². The summed E-state index contributed by atoms with van der Waals surface area (Å²) in [5, 5.41) is 19.1. The lowest BCUT2D eigenvalue weighted by atomic mass is 10.2.